The number of thioether (sulfide) groups is 1. The van der Waals surface area contributed by atoms with Gasteiger partial charge in [-0.3, -0.25) is 14.2 Å². The van der Waals surface area contributed by atoms with Gasteiger partial charge >= 0.3 is 0 Å². The van der Waals surface area contributed by atoms with Gasteiger partial charge in [0, 0.05) is 23.5 Å². The molecule has 34 heavy (non-hydrogen) atoms. The van der Waals surface area contributed by atoms with Crippen LogP contribution in [0.2, 0.25) is 0 Å². The maximum Gasteiger partial charge on any atom is 0.251 e. The van der Waals surface area contributed by atoms with E-state index in [0.29, 0.717) is 23.1 Å². The van der Waals surface area contributed by atoms with Gasteiger partial charge in [0.15, 0.2) is 11.0 Å². The molecular formula is C26H23N5O2S. The Labute approximate surface area is 201 Å². The van der Waals surface area contributed by atoms with Crippen LogP contribution in [0.3, 0.4) is 0 Å². The van der Waals surface area contributed by atoms with E-state index in [9.17, 15) is 9.59 Å². The van der Waals surface area contributed by atoms with Crippen LogP contribution < -0.4 is 10.2 Å². The first-order chi connectivity index (χ1) is 16.7. The van der Waals surface area contributed by atoms with E-state index in [1.54, 1.807) is 12.1 Å². The topological polar surface area (TPSA) is 80.1 Å². The predicted octanol–water partition coefficient (Wildman–Crippen LogP) is 3.88. The summed E-state index contributed by atoms with van der Waals surface area (Å²) in [5, 5.41) is 12.2. The predicted molar refractivity (Wildman–Crippen MR) is 132 cm³/mol. The molecule has 170 valence electrons. The average Bonchev–Trinajstić information content (AvgIpc) is 3.51. The maximum absolute atomic E-state index is 13.0. The third kappa shape index (κ3) is 4.58. The molecular weight excluding hydrogens is 446 g/mol. The molecule has 0 spiro atoms. The Kier molecular flexibility index (Phi) is 6.40. The molecule has 0 aliphatic carbocycles. The first-order valence-corrected chi connectivity index (χ1v) is 12.0. The minimum Gasteiger partial charge on any atom is -0.345 e. The molecule has 0 atom stereocenters. The molecule has 1 N–H and O–H groups in total. The van der Waals surface area contributed by atoms with Crippen molar-refractivity contribution in [1.29, 1.82) is 0 Å². The summed E-state index contributed by atoms with van der Waals surface area (Å²) >= 11 is 1.35. The van der Waals surface area contributed by atoms with Crippen LogP contribution in [-0.2, 0) is 17.8 Å². The smallest absolute Gasteiger partial charge is 0.251 e. The number of fused-ring (bicyclic) bond motifs is 1. The molecule has 4 aromatic rings. The van der Waals surface area contributed by atoms with Crippen LogP contribution in [0.15, 0.2) is 90.1 Å². The average molecular weight is 470 g/mol. The van der Waals surface area contributed by atoms with Gasteiger partial charge in [0.25, 0.3) is 5.91 Å². The number of carbonyl (C=O) groups excluding carboxylic acids is 2. The van der Waals surface area contributed by atoms with Crippen molar-refractivity contribution in [3.05, 3.63) is 102 Å². The first-order valence-electron chi connectivity index (χ1n) is 11.0. The summed E-state index contributed by atoms with van der Waals surface area (Å²) in [6, 6.07) is 26.8. The molecule has 0 radical (unpaired) electrons. The largest absolute Gasteiger partial charge is 0.345 e. The lowest BCUT2D eigenvalue weighted by Crippen LogP contribution is -2.30. The normalized spacial score (nSPS) is 12.4. The molecule has 0 saturated carbocycles. The molecule has 2 heterocycles. The molecule has 1 aliphatic rings. The lowest BCUT2D eigenvalue weighted by Gasteiger charge is -2.17. The Morgan fingerprint density at radius 3 is 2.38 bits per heavy atom. The Hall–Kier alpha value is -3.91. The highest BCUT2D eigenvalue weighted by molar-refractivity contribution is 7.99. The van der Waals surface area contributed by atoms with Gasteiger partial charge in [-0.25, -0.2) is 0 Å². The number of amides is 2. The summed E-state index contributed by atoms with van der Waals surface area (Å²) in [7, 11) is 0. The van der Waals surface area contributed by atoms with Gasteiger partial charge in [-0.1, -0.05) is 66.4 Å². The standard InChI is InChI=1S/C26H23N5O2S/c32-24(30-16-15-19-9-7-8-14-22(19)30)18-34-26-29-28-23(31(26)21-12-5-2-6-13-21)17-27-25(33)20-10-3-1-4-11-20/h1-14H,15-18H2,(H,27,33). The number of para-hydroxylation sites is 2. The summed E-state index contributed by atoms with van der Waals surface area (Å²) in [5.74, 6) is 0.698. The van der Waals surface area contributed by atoms with E-state index >= 15 is 0 Å². The van der Waals surface area contributed by atoms with E-state index in [4.69, 9.17) is 0 Å². The second-order valence-corrected chi connectivity index (χ2v) is 8.77. The van der Waals surface area contributed by atoms with E-state index < -0.39 is 0 Å². The summed E-state index contributed by atoms with van der Waals surface area (Å²) in [6.07, 6.45) is 0.873. The number of anilines is 1. The first kappa shape index (κ1) is 21.9. The van der Waals surface area contributed by atoms with Crippen molar-refractivity contribution in [1.82, 2.24) is 20.1 Å². The van der Waals surface area contributed by atoms with Gasteiger partial charge in [-0.2, -0.15) is 0 Å². The molecule has 0 fully saturated rings. The van der Waals surface area contributed by atoms with E-state index in [1.165, 1.54) is 17.3 Å². The molecule has 0 saturated heterocycles. The highest BCUT2D eigenvalue weighted by Crippen LogP contribution is 2.29. The molecule has 1 aromatic heterocycles. The van der Waals surface area contributed by atoms with Crippen molar-refractivity contribution < 1.29 is 9.59 Å². The SMILES string of the molecule is O=C(NCc1nnc(SCC(=O)N2CCc3ccccc32)n1-c1ccccc1)c1ccccc1. The van der Waals surface area contributed by atoms with Crippen LogP contribution in [0.1, 0.15) is 21.7 Å². The van der Waals surface area contributed by atoms with Gasteiger partial charge in [0.2, 0.25) is 5.91 Å². The zero-order chi connectivity index (χ0) is 23.3. The van der Waals surface area contributed by atoms with Gasteiger partial charge in [0.05, 0.1) is 12.3 Å². The van der Waals surface area contributed by atoms with Crippen molar-refractivity contribution in [3.63, 3.8) is 0 Å². The van der Waals surface area contributed by atoms with Gasteiger partial charge in [0.1, 0.15) is 0 Å². The molecule has 0 bridgehead atoms. The third-order valence-corrected chi connectivity index (χ3v) is 6.58. The highest BCUT2D eigenvalue weighted by atomic mass is 32.2. The van der Waals surface area contributed by atoms with E-state index in [2.05, 4.69) is 21.6 Å². The van der Waals surface area contributed by atoms with Crippen molar-refractivity contribution in [2.24, 2.45) is 0 Å². The number of hydrogen-bond donors (Lipinski definition) is 1. The number of rotatable bonds is 7. The Morgan fingerprint density at radius 1 is 0.882 bits per heavy atom. The van der Waals surface area contributed by atoms with Gasteiger partial charge in [-0.15, -0.1) is 10.2 Å². The van der Waals surface area contributed by atoms with Gasteiger partial charge < -0.3 is 10.2 Å². The van der Waals surface area contributed by atoms with Crippen LogP contribution in [-0.4, -0.2) is 38.9 Å². The van der Waals surface area contributed by atoms with Crippen molar-refractivity contribution in [3.8, 4) is 5.69 Å². The molecule has 5 rings (SSSR count). The fourth-order valence-corrected chi connectivity index (χ4v) is 4.84. The minimum atomic E-state index is -0.180. The maximum atomic E-state index is 13.0. The molecule has 1 aliphatic heterocycles. The summed E-state index contributed by atoms with van der Waals surface area (Å²) < 4.78 is 1.89. The van der Waals surface area contributed by atoms with Crippen LogP contribution >= 0.6 is 11.8 Å². The molecule has 0 unspecified atom stereocenters. The zero-order valence-electron chi connectivity index (χ0n) is 18.4. The number of nitrogens with one attached hydrogen (secondary N) is 1. The fraction of sp³-hybridized carbons (Fsp3) is 0.154. The molecule has 2 amide bonds. The summed E-state index contributed by atoms with van der Waals surface area (Å²) in [4.78, 5) is 27.3. The van der Waals surface area contributed by atoms with E-state index in [1.807, 2.05) is 76.2 Å². The summed E-state index contributed by atoms with van der Waals surface area (Å²) in [5.41, 5.74) is 3.64. The van der Waals surface area contributed by atoms with Crippen LogP contribution in [0, 0.1) is 0 Å². The van der Waals surface area contributed by atoms with Gasteiger partial charge in [-0.05, 0) is 42.3 Å². The monoisotopic (exact) mass is 469 g/mol. The van der Waals surface area contributed by atoms with Crippen molar-refractivity contribution in [2.45, 2.75) is 18.1 Å². The van der Waals surface area contributed by atoms with Crippen LogP contribution in [0.25, 0.3) is 5.69 Å². The van der Waals surface area contributed by atoms with Crippen molar-refractivity contribution in [2.75, 3.05) is 17.2 Å². The van der Waals surface area contributed by atoms with Crippen molar-refractivity contribution >= 4 is 29.3 Å². The minimum absolute atomic E-state index is 0.0384. The van der Waals surface area contributed by atoms with Crippen LogP contribution in [0.5, 0.6) is 0 Å². The third-order valence-electron chi connectivity index (χ3n) is 5.67. The Bertz CT molecular complexity index is 1310. The number of carbonyl (C=O) groups is 2. The number of hydrogen-bond acceptors (Lipinski definition) is 5. The lowest BCUT2D eigenvalue weighted by atomic mass is 10.2. The van der Waals surface area contributed by atoms with E-state index in [-0.39, 0.29) is 24.1 Å². The molecule has 8 heteroatoms. The van der Waals surface area contributed by atoms with E-state index in [0.717, 1.165) is 17.8 Å². The zero-order valence-corrected chi connectivity index (χ0v) is 19.2. The molecule has 3 aromatic carbocycles. The molecule has 7 nitrogen and oxygen atoms in total. The van der Waals surface area contributed by atoms with Crippen LogP contribution in [0.4, 0.5) is 5.69 Å². The number of benzene rings is 3. The Morgan fingerprint density at radius 2 is 1.59 bits per heavy atom. The lowest BCUT2D eigenvalue weighted by molar-refractivity contribution is -0.116. The Balaban J connectivity index is 1.33. The second kappa shape index (κ2) is 9.93. The highest BCUT2D eigenvalue weighted by Gasteiger charge is 2.25. The number of nitrogens with zero attached hydrogens (tertiary/aromatic N) is 4. The number of aromatic nitrogens is 3. The summed E-state index contributed by atoms with van der Waals surface area (Å²) in [6.45, 7) is 0.907. The second-order valence-electron chi connectivity index (χ2n) is 7.83. The fourth-order valence-electron chi connectivity index (χ4n) is 4.00. The quantitative estimate of drug-likeness (QED) is 0.416.